The molecule has 38 heavy (non-hydrogen) atoms. The molecule has 1 fully saturated rings. The van der Waals surface area contributed by atoms with E-state index < -0.39 is 62.0 Å². The van der Waals surface area contributed by atoms with Gasteiger partial charge in [-0.3, -0.25) is 14.4 Å². The minimum atomic E-state index is -3.25. The second-order valence-corrected chi connectivity index (χ2v) is 14.5. The Morgan fingerprint density at radius 3 is 1.68 bits per heavy atom. The Hall–Kier alpha value is -3.05. The molecule has 1 aliphatic heterocycles. The molecule has 0 amide bonds. The molecule has 0 aromatic heterocycles. The summed E-state index contributed by atoms with van der Waals surface area (Å²) >= 11 is 0. The van der Waals surface area contributed by atoms with Gasteiger partial charge >= 0.3 is 17.9 Å². The van der Waals surface area contributed by atoms with Gasteiger partial charge in [0.2, 0.25) is 0 Å². The van der Waals surface area contributed by atoms with Crippen molar-refractivity contribution >= 4 is 36.6 Å². The van der Waals surface area contributed by atoms with Gasteiger partial charge in [-0.05, 0) is 15.4 Å². The van der Waals surface area contributed by atoms with E-state index in [1.54, 1.807) is 0 Å². The number of hydrogen-bond donors (Lipinski definition) is 1. The van der Waals surface area contributed by atoms with E-state index >= 15 is 0 Å². The van der Waals surface area contributed by atoms with Gasteiger partial charge in [-0.2, -0.15) is 0 Å². The lowest BCUT2D eigenvalue weighted by Gasteiger charge is -2.50. The maximum absolute atomic E-state index is 12.3. The Bertz CT molecular complexity index is 1060. The first kappa shape index (κ1) is 29.5. The largest absolute Gasteiger partial charge is 0.463 e. The van der Waals surface area contributed by atoms with Crippen molar-refractivity contribution in [2.45, 2.75) is 77.3 Å². The van der Waals surface area contributed by atoms with Crippen LogP contribution in [0.2, 0.25) is 5.04 Å². The molecule has 5 atom stereocenters. The fourth-order valence-corrected chi connectivity index (χ4v) is 9.62. The molecule has 0 bridgehead atoms. The molecule has 0 aliphatic carbocycles. The highest BCUT2D eigenvalue weighted by molar-refractivity contribution is 6.99. The van der Waals surface area contributed by atoms with E-state index in [9.17, 15) is 19.5 Å². The first-order valence-electron chi connectivity index (χ1n) is 12.5. The molecule has 0 unspecified atom stereocenters. The zero-order chi connectivity index (χ0) is 28.1. The van der Waals surface area contributed by atoms with Crippen molar-refractivity contribution in [1.82, 2.24) is 0 Å². The topological polar surface area (TPSA) is 118 Å². The van der Waals surface area contributed by atoms with Crippen LogP contribution < -0.4 is 10.4 Å². The highest BCUT2D eigenvalue weighted by atomic mass is 28.4. The monoisotopic (exact) mass is 544 g/mol. The van der Waals surface area contributed by atoms with Gasteiger partial charge in [0.1, 0.15) is 18.8 Å². The van der Waals surface area contributed by atoms with Crippen LogP contribution in [0, 0.1) is 0 Å². The van der Waals surface area contributed by atoms with Crippen LogP contribution in [0.5, 0.6) is 0 Å². The fraction of sp³-hybridized carbons (Fsp3) is 0.464. The molecular formula is C28H36O9Si. The minimum absolute atomic E-state index is 0.278. The van der Waals surface area contributed by atoms with E-state index in [4.69, 9.17) is 23.4 Å². The van der Waals surface area contributed by atoms with Crippen LogP contribution in [0.4, 0.5) is 0 Å². The summed E-state index contributed by atoms with van der Waals surface area (Å²) in [6, 6.07) is 19.5. The van der Waals surface area contributed by atoms with Gasteiger partial charge in [0.25, 0.3) is 8.32 Å². The number of aliphatic hydroxyl groups excluding tert-OH is 1. The van der Waals surface area contributed by atoms with E-state index in [0.717, 1.165) is 10.4 Å². The van der Waals surface area contributed by atoms with E-state index in [2.05, 4.69) is 20.8 Å². The van der Waals surface area contributed by atoms with Crippen molar-refractivity contribution in [2.24, 2.45) is 0 Å². The molecule has 10 heteroatoms. The minimum Gasteiger partial charge on any atom is -0.463 e. The van der Waals surface area contributed by atoms with Crippen molar-refractivity contribution in [3.63, 3.8) is 0 Å². The van der Waals surface area contributed by atoms with Crippen LogP contribution in [-0.4, -0.2) is 68.6 Å². The first-order valence-corrected chi connectivity index (χ1v) is 14.4. The molecule has 2 aromatic rings. The Labute approximate surface area is 224 Å². The standard InChI is InChI=1S/C28H36O9Si/c1-18(29)33-17-23-24(25(34-19(2)30)26(27(32)36-23)35-20(3)31)37-38(28(4,5)6,21-13-9-7-10-14-21)22-15-11-8-12-16-22/h7-16,23-27,32H,17H2,1-6H3/t23-,24+,25+,26+,27-/m0/s1. The predicted octanol–water partition coefficient (Wildman–Crippen LogP) is 2.08. The van der Waals surface area contributed by atoms with Gasteiger partial charge in [0.05, 0.1) is 0 Å². The SMILES string of the molecule is CC(=O)OC[C@@H]1O[C@H](O)[C@H](OC(C)=O)[C@H](OC(C)=O)[C@@H]1O[Si](c1ccccc1)(c1ccccc1)C(C)(C)C. The maximum Gasteiger partial charge on any atom is 0.303 e. The summed E-state index contributed by atoms with van der Waals surface area (Å²) in [5.41, 5.74) is 0. The molecule has 1 aliphatic rings. The van der Waals surface area contributed by atoms with E-state index in [0.29, 0.717) is 0 Å². The molecule has 0 spiro atoms. The molecule has 1 N–H and O–H groups in total. The Morgan fingerprint density at radius 2 is 1.26 bits per heavy atom. The zero-order valence-corrected chi connectivity index (χ0v) is 23.6. The first-order chi connectivity index (χ1) is 17.9. The van der Waals surface area contributed by atoms with Crippen LogP contribution in [0.15, 0.2) is 60.7 Å². The average Bonchev–Trinajstić information content (AvgIpc) is 2.84. The third-order valence-corrected chi connectivity index (χ3v) is 11.4. The summed E-state index contributed by atoms with van der Waals surface area (Å²) in [5, 5.41) is 12.2. The zero-order valence-electron chi connectivity index (χ0n) is 22.6. The van der Waals surface area contributed by atoms with Crippen molar-refractivity contribution in [3.8, 4) is 0 Å². The molecule has 2 aromatic carbocycles. The van der Waals surface area contributed by atoms with Crippen LogP contribution in [0.25, 0.3) is 0 Å². The Balaban J connectivity index is 2.25. The summed E-state index contributed by atoms with van der Waals surface area (Å²) in [5.74, 6) is -1.92. The van der Waals surface area contributed by atoms with E-state index in [1.165, 1.54) is 20.8 Å². The lowest BCUT2D eigenvalue weighted by Crippen LogP contribution is -2.72. The summed E-state index contributed by atoms with van der Waals surface area (Å²) in [7, 11) is -3.25. The Kier molecular flexibility index (Phi) is 9.48. The maximum atomic E-state index is 12.3. The van der Waals surface area contributed by atoms with Crippen LogP contribution in [-0.2, 0) is 37.8 Å². The number of aliphatic hydroxyl groups is 1. The number of ether oxygens (including phenoxy) is 4. The van der Waals surface area contributed by atoms with Gasteiger partial charge in [0, 0.05) is 20.8 Å². The summed E-state index contributed by atoms with van der Waals surface area (Å²) in [4.78, 5) is 35.9. The highest BCUT2D eigenvalue weighted by Crippen LogP contribution is 2.40. The van der Waals surface area contributed by atoms with Crippen LogP contribution in [0.3, 0.4) is 0 Å². The highest BCUT2D eigenvalue weighted by Gasteiger charge is 2.58. The van der Waals surface area contributed by atoms with Crippen molar-refractivity contribution in [1.29, 1.82) is 0 Å². The second kappa shape index (κ2) is 12.2. The number of esters is 3. The second-order valence-electron chi connectivity index (χ2n) is 10.3. The van der Waals surface area contributed by atoms with Crippen LogP contribution in [0.1, 0.15) is 41.5 Å². The predicted molar refractivity (Wildman–Crippen MR) is 141 cm³/mol. The van der Waals surface area contributed by atoms with Gasteiger partial charge in [0.15, 0.2) is 18.5 Å². The smallest absolute Gasteiger partial charge is 0.303 e. The quantitative estimate of drug-likeness (QED) is 0.303. The molecule has 0 radical (unpaired) electrons. The molecule has 1 heterocycles. The number of rotatable bonds is 8. The van der Waals surface area contributed by atoms with Gasteiger partial charge in [-0.25, -0.2) is 0 Å². The molecule has 9 nitrogen and oxygen atoms in total. The molecular weight excluding hydrogens is 508 g/mol. The van der Waals surface area contributed by atoms with E-state index in [1.807, 2.05) is 60.7 Å². The lowest BCUT2D eigenvalue weighted by atomic mass is 9.98. The van der Waals surface area contributed by atoms with Crippen molar-refractivity contribution in [2.75, 3.05) is 6.61 Å². The van der Waals surface area contributed by atoms with Gasteiger partial charge < -0.3 is 28.5 Å². The number of carbonyl (C=O) groups excluding carboxylic acids is 3. The summed E-state index contributed by atoms with van der Waals surface area (Å²) in [6.45, 7) is 9.59. The normalized spacial score (nSPS) is 23.8. The Morgan fingerprint density at radius 1 is 0.789 bits per heavy atom. The van der Waals surface area contributed by atoms with Crippen molar-refractivity contribution in [3.05, 3.63) is 60.7 Å². The molecule has 206 valence electrons. The van der Waals surface area contributed by atoms with Gasteiger partial charge in [-0.15, -0.1) is 0 Å². The number of carbonyl (C=O) groups is 3. The van der Waals surface area contributed by atoms with Crippen molar-refractivity contribution < 1.29 is 42.9 Å². The summed E-state index contributed by atoms with van der Waals surface area (Å²) in [6.07, 6.45) is -6.37. The summed E-state index contributed by atoms with van der Waals surface area (Å²) < 4.78 is 29.3. The lowest BCUT2D eigenvalue weighted by molar-refractivity contribution is -0.290. The molecule has 1 saturated heterocycles. The number of hydrogen-bond acceptors (Lipinski definition) is 9. The van der Waals surface area contributed by atoms with Gasteiger partial charge in [-0.1, -0.05) is 81.4 Å². The molecule has 0 saturated carbocycles. The van der Waals surface area contributed by atoms with Crippen LogP contribution >= 0.6 is 0 Å². The third kappa shape index (κ3) is 6.50. The average molecular weight is 545 g/mol. The fourth-order valence-electron chi connectivity index (χ4n) is 4.91. The number of benzene rings is 2. The third-order valence-electron chi connectivity index (χ3n) is 6.39. The van der Waals surface area contributed by atoms with E-state index in [-0.39, 0.29) is 6.61 Å². The molecule has 3 rings (SSSR count).